The lowest BCUT2D eigenvalue weighted by molar-refractivity contribution is -0.124. The van der Waals surface area contributed by atoms with Gasteiger partial charge in [-0.3, -0.25) is 14.5 Å². The van der Waals surface area contributed by atoms with Crippen LogP contribution >= 0.6 is 0 Å². The molecule has 0 radical (unpaired) electrons. The van der Waals surface area contributed by atoms with Crippen LogP contribution in [0.15, 0.2) is 34.7 Å². The van der Waals surface area contributed by atoms with Crippen molar-refractivity contribution in [1.29, 1.82) is 0 Å². The van der Waals surface area contributed by atoms with E-state index >= 15 is 0 Å². The SMILES string of the molecule is CNC(=O)CN1CCC(NC(=O)[C@H](C)c2cc3ccccc3o2)CC1. The van der Waals surface area contributed by atoms with Crippen molar-refractivity contribution in [3.63, 3.8) is 0 Å². The molecule has 0 unspecified atom stereocenters. The summed E-state index contributed by atoms with van der Waals surface area (Å²) in [5.74, 6) is 0.386. The van der Waals surface area contributed by atoms with Crippen molar-refractivity contribution in [1.82, 2.24) is 15.5 Å². The molecule has 0 aliphatic carbocycles. The highest BCUT2D eigenvalue weighted by Gasteiger charge is 2.25. The zero-order chi connectivity index (χ0) is 17.8. The molecule has 1 fully saturated rings. The summed E-state index contributed by atoms with van der Waals surface area (Å²) in [7, 11) is 1.65. The number of piperidine rings is 1. The average Bonchev–Trinajstić information content (AvgIpc) is 3.06. The van der Waals surface area contributed by atoms with Gasteiger partial charge < -0.3 is 15.1 Å². The second-order valence-electron chi connectivity index (χ2n) is 6.64. The Labute approximate surface area is 147 Å². The van der Waals surface area contributed by atoms with Crippen LogP contribution in [0.4, 0.5) is 0 Å². The molecule has 1 aromatic heterocycles. The van der Waals surface area contributed by atoms with Gasteiger partial charge in [-0.1, -0.05) is 18.2 Å². The fourth-order valence-electron chi connectivity index (χ4n) is 3.19. The number of benzene rings is 1. The lowest BCUT2D eigenvalue weighted by atomic mass is 10.0. The van der Waals surface area contributed by atoms with Gasteiger partial charge in [-0.15, -0.1) is 0 Å². The van der Waals surface area contributed by atoms with Crippen molar-refractivity contribution >= 4 is 22.8 Å². The number of nitrogens with one attached hydrogen (secondary N) is 2. The van der Waals surface area contributed by atoms with E-state index in [1.807, 2.05) is 37.3 Å². The summed E-state index contributed by atoms with van der Waals surface area (Å²) < 4.78 is 5.80. The molecule has 0 saturated carbocycles. The molecule has 2 N–H and O–H groups in total. The molecule has 1 aliphatic rings. The van der Waals surface area contributed by atoms with Gasteiger partial charge in [-0.25, -0.2) is 0 Å². The molecule has 6 heteroatoms. The van der Waals surface area contributed by atoms with E-state index in [1.54, 1.807) is 7.05 Å². The first-order valence-electron chi connectivity index (χ1n) is 8.78. The average molecular weight is 343 g/mol. The quantitative estimate of drug-likeness (QED) is 0.869. The third kappa shape index (κ3) is 4.20. The minimum atomic E-state index is -0.323. The van der Waals surface area contributed by atoms with Crippen LogP contribution in [-0.2, 0) is 9.59 Å². The molecule has 25 heavy (non-hydrogen) atoms. The van der Waals surface area contributed by atoms with Crippen LogP contribution in [0.2, 0.25) is 0 Å². The summed E-state index contributed by atoms with van der Waals surface area (Å²) in [5, 5.41) is 6.78. The van der Waals surface area contributed by atoms with Gasteiger partial charge in [0.05, 0.1) is 12.5 Å². The van der Waals surface area contributed by atoms with Crippen molar-refractivity contribution in [2.45, 2.75) is 31.7 Å². The number of carbonyl (C=O) groups excluding carboxylic acids is 2. The van der Waals surface area contributed by atoms with Gasteiger partial charge in [0.15, 0.2) is 0 Å². The van der Waals surface area contributed by atoms with Crippen molar-refractivity contribution in [2.24, 2.45) is 0 Å². The molecule has 0 spiro atoms. The van der Waals surface area contributed by atoms with Gasteiger partial charge >= 0.3 is 0 Å². The number of likely N-dealkylation sites (tertiary alicyclic amines) is 1. The maximum Gasteiger partial charge on any atom is 0.233 e. The van der Waals surface area contributed by atoms with Crippen molar-refractivity contribution in [3.05, 3.63) is 36.1 Å². The normalized spacial score (nSPS) is 17.4. The number of nitrogens with zero attached hydrogens (tertiary/aromatic N) is 1. The molecule has 2 amide bonds. The van der Waals surface area contributed by atoms with Crippen LogP contribution in [0, 0.1) is 0 Å². The van der Waals surface area contributed by atoms with Crippen molar-refractivity contribution in [3.8, 4) is 0 Å². The Morgan fingerprint density at radius 2 is 2.00 bits per heavy atom. The van der Waals surface area contributed by atoms with E-state index in [2.05, 4.69) is 15.5 Å². The summed E-state index contributed by atoms with van der Waals surface area (Å²) in [5.41, 5.74) is 0.805. The highest BCUT2D eigenvalue weighted by Crippen LogP contribution is 2.25. The summed E-state index contributed by atoms with van der Waals surface area (Å²) in [6.07, 6.45) is 1.71. The number of fused-ring (bicyclic) bond motifs is 1. The Morgan fingerprint density at radius 3 is 2.68 bits per heavy atom. The largest absolute Gasteiger partial charge is 0.460 e. The van der Waals surface area contributed by atoms with Gasteiger partial charge in [-0.2, -0.15) is 0 Å². The van der Waals surface area contributed by atoms with E-state index in [-0.39, 0.29) is 23.8 Å². The smallest absolute Gasteiger partial charge is 0.233 e. The first-order valence-corrected chi connectivity index (χ1v) is 8.78. The van der Waals surface area contributed by atoms with Gasteiger partial charge in [0.2, 0.25) is 11.8 Å². The van der Waals surface area contributed by atoms with Crippen LogP contribution in [0.5, 0.6) is 0 Å². The Hall–Kier alpha value is -2.34. The van der Waals surface area contributed by atoms with Crippen molar-refractivity contribution < 1.29 is 14.0 Å². The molecular weight excluding hydrogens is 318 g/mol. The maximum atomic E-state index is 12.5. The maximum absolute atomic E-state index is 12.5. The molecule has 2 aromatic rings. The van der Waals surface area contributed by atoms with E-state index in [0.717, 1.165) is 36.9 Å². The molecule has 1 atom stereocenters. The van der Waals surface area contributed by atoms with Gasteiger partial charge in [-0.05, 0) is 31.9 Å². The van der Waals surface area contributed by atoms with Gasteiger partial charge in [0.25, 0.3) is 0 Å². The topological polar surface area (TPSA) is 74.6 Å². The van der Waals surface area contributed by atoms with Gasteiger partial charge in [0.1, 0.15) is 11.3 Å². The number of furan rings is 1. The van der Waals surface area contributed by atoms with Crippen LogP contribution in [0.1, 0.15) is 31.4 Å². The summed E-state index contributed by atoms with van der Waals surface area (Å²) in [6, 6.07) is 9.86. The Bertz CT molecular complexity index is 714. The van der Waals surface area contributed by atoms with E-state index in [4.69, 9.17) is 4.42 Å². The Morgan fingerprint density at radius 1 is 1.28 bits per heavy atom. The Balaban J connectivity index is 1.53. The standard InChI is InChI=1S/C19H25N3O3/c1-13(17-11-14-5-3-4-6-16(14)25-17)19(24)21-15-7-9-22(10-8-15)12-18(23)20-2/h3-6,11,13,15H,7-10,12H2,1-2H3,(H,20,23)(H,21,24)/t13-/m1/s1. The lowest BCUT2D eigenvalue weighted by Gasteiger charge is -2.32. The fourth-order valence-corrected chi connectivity index (χ4v) is 3.19. The van der Waals surface area contributed by atoms with E-state index < -0.39 is 0 Å². The molecule has 1 saturated heterocycles. The second kappa shape index (κ2) is 7.70. The zero-order valence-electron chi connectivity index (χ0n) is 14.7. The molecule has 2 heterocycles. The zero-order valence-corrected chi connectivity index (χ0v) is 14.7. The highest BCUT2D eigenvalue weighted by molar-refractivity contribution is 5.85. The van der Waals surface area contributed by atoms with Crippen LogP contribution in [-0.4, -0.2) is 49.4 Å². The third-order valence-electron chi connectivity index (χ3n) is 4.84. The summed E-state index contributed by atoms with van der Waals surface area (Å²) in [4.78, 5) is 26.1. The molecule has 3 rings (SSSR count). The third-order valence-corrected chi connectivity index (χ3v) is 4.84. The van der Waals surface area contributed by atoms with Crippen molar-refractivity contribution in [2.75, 3.05) is 26.7 Å². The molecule has 1 aromatic carbocycles. The molecule has 1 aliphatic heterocycles. The van der Waals surface area contributed by atoms with E-state index in [0.29, 0.717) is 12.3 Å². The number of carbonyl (C=O) groups is 2. The fraction of sp³-hybridized carbons (Fsp3) is 0.474. The van der Waals surface area contributed by atoms with Crippen LogP contribution in [0.25, 0.3) is 11.0 Å². The molecular formula is C19H25N3O3. The Kier molecular flexibility index (Phi) is 5.38. The predicted octanol–water partition coefficient (Wildman–Crippen LogP) is 1.86. The van der Waals surface area contributed by atoms with E-state index in [9.17, 15) is 9.59 Å². The number of amides is 2. The first-order chi connectivity index (χ1) is 12.1. The lowest BCUT2D eigenvalue weighted by Crippen LogP contribution is -2.47. The second-order valence-corrected chi connectivity index (χ2v) is 6.64. The minimum absolute atomic E-state index is 0.0104. The van der Waals surface area contributed by atoms with E-state index in [1.165, 1.54) is 0 Å². The number of para-hydroxylation sites is 1. The number of likely N-dealkylation sites (N-methyl/N-ethyl adjacent to an activating group) is 1. The number of hydrogen-bond acceptors (Lipinski definition) is 4. The summed E-state index contributed by atoms with van der Waals surface area (Å²) in [6.45, 7) is 3.93. The van der Waals surface area contributed by atoms with Crippen LogP contribution in [0.3, 0.4) is 0 Å². The molecule has 134 valence electrons. The molecule has 6 nitrogen and oxygen atoms in total. The number of hydrogen-bond donors (Lipinski definition) is 2. The van der Waals surface area contributed by atoms with Gasteiger partial charge in [0, 0.05) is 31.6 Å². The van der Waals surface area contributed by atoms with Crippen LogP contribution < -0.4 is 10.6 Å². The summed E-state index contributed by atoms with van der Waals surface area (Å²) >= 11 is 0. The highest BCUT2D eigenvalue weighted by atomic mass is 16.3. The first kappa shape index (κ1) is 17.5. The monoisotopic (exact) mass is 343 g/mol. The number of rotatable bonds is 5. The minimum Gasteiger partial charge on any atom is -0.460 e. The molecule has 0 bridgehead atoms. The predicted molar refractivity (Wildman–Crippen MR) is 96.3 cm³/mol.